The number of aromatic nitrogens is 4. The lowest BCUT2D eigenvalue weighted by atomic mass is 9.75. The molecule has 3 aromatic heterocycles. The van der Waals surface area contributed by atoms with Crippen LogP contribution < -0.4 is 0 Å². The minimum Gasteiger partial charge on any atom is -0.455 e. The van der Waals surface area contributed by atoms with Crippen molar-refractivity contribution in [3.05, 3.63) is 205 Å². The molecule has 1 aliphatic rings. The molecule has 1 unspecified atom stereocenters. The number of nitrogens with zero attached hydrogens (tertiary/aromatic N) is 4. The Balaban J connectivity index is 1.03. The Morgan fingerprint density at radius 2 is 1.09 bits per heavy atom. The molecule has 0 aliphatic heterocycles. The fraction of sp³-hybridized carbons (Fsp3) is 0.0377. The van der Waals surface area contributed by atoms with Gasteiger partial charge in [0, 0.05) is 44.3 Å². The Morgan fingerprint density at radius 3 is 1.86 bits per heavy atom. The topological polar surface area (TPSA) is 56.7 Å². The maximum Gasteiger partial charge on any atom is 0.167 e. The first-order valence-electron chi connectivity index (χ1n) is 19.8. The highest BCUT2D eigenvalue weighted by Crippen LogP contribution is 2.47. The third kappa shape index (κ3) is 5.14. The fourth-order valence-electron chi connectivity index (χ4n) is 9.13. The van der Waals surface area contributed by atoms with Crippen LogP contribution in [0.25, 0.3) is 94.7 Å². The highest BCUT2D eigenvalue weighted by atomic mass is 16.3. The van der Waals surface area contributed by atoms with Gasteiger partial charge in [-0.1, -0.05) is 140 Å². The monoisotopic (exact) mass is 742 g/mol. The summed E-state index contributed by atoms with van der Waals surface area (Å²) in [5, 5.41) is 4.64. The number of hydrogen-bond donors (Lipinski definition) is 0. The van der Waals surface area contributed by atoms with Gasteiger partial charge in [0.2, 0.25) is 0 Å². The first-order valence-corrected chi connectivity index (χ1v) is 19.8. The molecule has 12 rings (SSSR count). The van der Waals surface area contributed by atoms with Gasteiger partial charge in [0.25, 0.3) is 0 Å². The molecule has 0 saturated heterocycles. The molecule has 5 nitrogen and oxygen atoms in total. The van der Waals surface area contributed by atoms with E-state index in [2.05, 4.69) is 132 Å². The number of benzene rings is 8. The Labute approximate surface area is 334 Å². The summed E-state index contributed by atoms with van der Waals surface area (Å²) in [6, 6.07) is 66.5. The van der Waals surface area contributed by atoms with Gasteiger partial charge in [0.1, 0.15) is 11.2 Å². The van der Waals surface area contributed by atoms with Gasteiger partial charge in [-0.2, -0.15) is 0 Å². The van der Waals surface area contributed by atoms with Gasteiger partial charge in [-0.15, -0.1) is 0 Å². The van der Waals surface area contributed by atoms with Crippen LogP contribution in [0.1, 0.15) is 22.6 Å². The van der Waals surface area contributed by atoms with E-state index >= 15 is 0 Å². The molecule has 0 bridgehead atoms. The second kappa shape index (κ2) is 13.0. The van der Waals surface area contributed by atoms with E-state index in [1.807, 2.05) is 60.7 Å². The first kappa shape index (κ1) is 32.6. The van der Waals surface area contributed by atoms with Crippen LogP contribution in [0.15, 0.2) is 192 Å². The molecule has 0 amide bonds. The largest absolute Gasteiger partial charge is 0.455 e. The zero-order valence-corrected chi connectivity index (χ0v) is 31.4. The Bertz CT molecular complexity index is 3310. The summed E-state index contributed by atoms with van der Waals surface area (Å²) in [6.45, 7) is 0. The summed E-state index contributed by atoms with van der Waals surface area (Å²) in [4.78, 5) is 15.0. The second-order valence-corrected chi connectivity index (χ2v) is 15.1. The standard InChI is InChI=1S/C53H34N4O/c1-4-15-33(16-5-1)51-54-52(34-17-6-2-7-18-34)56-53(55-51)41-25-14-24-40-46-30-36(27-28-49(46)58-50(40)41)42-29-35-19-10-11-22-38(35)44-32-48-45(31-43(42)44)39-23-12-13-26-47(39)57(48)37-20-8-3-9-21-37/h1-28,30-32,42H,29H2. The summed E-state index contributed by atoms with van der Waals surface area (Å²) < 4.78 is 9.16. The fourth-order valence-corrected chi connectivity index (χ4v) is 9.13. The number of para-hydroxylation sites is 3. The zero-order chi connectivity index (χ0) is 38.2. The lowest BCUT2D eigenvalue weighted by Crippen LogP contribution is -2.13. The number of rotatable bonds is 5. The van der Waals surface area contributed by atoms with Gasteiger partial charge in [0.15, 0.2) is 17.5 Å². The van der Waals surface area contributed by atoms with Crippen molar-refractivity contribution >= 4 is 43.7 Å². The molecule has 0 fully saturated rings. The smallest absolute Gasteiger partial charge is 0.167 e. The number of hydrogen-bond acceptors (Lipinski definition) is 4. The van der Waals surface area contributed by atoms with E-state index in [0.29, 0.717) is 17.5 Å². The van der Waals surface area contributed by atoms with Gasteiger partial charge in [0.05, 0.1) is 16.6 Å². The molecule has 0 spiro atoms. The number of furan rings is 1. The van der Waals surface area contributed by atoms with E-state index in [4.69, 9.17) is 19.4 Å². The quantitative estimate of drug-likeness (QED) is 0.176. The maximum atomic E-state index is 6.74. The van der Waals surface area contributed by atoms with Crippen LogP contribution in [0.3, 0.4) is 0 Å². The summed E-state index contributed by atoms with van der Waals surface area (Å²) >= 11 is 0. The zero-order valence-electron chi connectivity index (χ0n) is 31.4. The number of fused-ring (bicyclic) bond motifs is 9. The van der Waals surface area contributed by atoms with Crippen molar-refractivity contribution < 1.29 is 4.42 Å². The van der Waals surface area contributed by atoms with E-state index in [9.17, 15) is 0 Å². The van der Waals surface area contributed by atoms with Crippen LogP contribution in [-0.2, 0) is 6.42 Å². The molecular weight excluding hydrogens is 709 g/mol. The Hall–Kier alpha value is -7.63. The summed E-state index contributed by atoms with van der Waals surface area (Å²) in [5.41, 5.74) is 14.5. The molecule has 1 atom stereocenters. The van der Waals surface area contributed by atoms with E-state index < -0.39 is 0 Å². The normalized spacial score (nSPS) is 13.6. The Kier molecular flexibility index (Phi) is 7.29. The molecule has 1 aliphatic carbocycles. The third-order valence-corrected chi connectivity index (χ3v) is 11.8. The minimum absolute atomic E-state index is 0.149. The van der Waals surface area contributed by atoms with Crippen LogP contribution in [0.5, 0.6) is 0 Å². The SMILES string of the molecule is c1ccc(-c2nc(-c3ccccc3)nc(-c3cccc4c3oc3ccc(C5Cc6ccccc6-c6cc7c(cc65)c5ccccc5n7-c5ccccc5)cc34)n2)cc1. The summed E-state index contributed by atoms with van der Waals surface area (Å²) in [5.74, 6) is 1.97. The van der Waals surface area contributed by atoms with Gasteiger partial charge >= 0.3 is 0 Å². The summed E-state index contributed by atoms with van der Waals surface area (Å²) in [7, 11) is 0. The van der Waals surface area contributed by atoms with Crippen molar-refractivity contribution in [2.45, 2.75) is 12.3 Å². The maximum absolute atomic E-state index is 6.74. The van der Waals surface area contributed by atoms with Gasteiger partial charge in [-0.05, 0) is 82.8 Å². The average molecular weight is 743 g/mol. The molecular formula is C53H34N4O. The molecule has 3 heterocycles. The lowest BCUT2D eigenvalue weighted by Gasteiger charge is -2.29. The average Bonchev–Trinajstić information content (AvgIpc) is 3.84. The third-order valence-electron chi connectivity index (χ3n) is 11.8. The molecule has 0 radical (unpaired) electrons. The summed E-state index contributed by atoms with van der Waals surface area (Å²) in [6.07, 6.45) is 0.911. The van der Waals surface area contributed by atoms with Crippen molar-refractivity contribution in [1.29, 1.82) is 0 Å². The molecule has 5 heteroatoms. The van der Waals surface area contributed by atoms with E-state index in [1.54, 1.807) is 0 Å². The molecule has 8 aromatic carbocycles. The van der Waals surface area contributed by atoms with E-state index in [1.165, 1.54) is 49.6 Å². The van der Waals surface area contributed by atoms with Gasteiger partial charge in [-0.25, -0.2) is 15.0 Å². The van der Waals surface area contributed by atoms with Crippen molar-refractivity contribution in [3.63, 3.8) is 0 Å². The van der Waals surface area contributed by atoms with Crippen LogP contribution in [0, 0.1) is 0 Å². The van der Waals surface area contributed by atoms with E-state index in [0.717, 1.165) is 50.7 Å². The molecule has 11 aromatic rings. The first-order chi connectivity index (χ1) is 28.7. The van der Waals surface area contributed by atoms with Crippen LogP contribution in [-0.4, -0.2) is 19.5 Å². The molecule has 0 N–H and O–H groups in total. The van der Waals surface area contributed by atoms with Gasteiger partial charge in [-0.3, -0.25) is 0 Å². The van der Waals surface area contributed by atoms with Crippen molar-refractivity contribution in [2.24, 2.45) is 0 Å². The van der Waals surface area contributed by atoms with Crippen LogP contribution in [0.2, 0.25) is 0 Å². The van der Waals surface area contributed by atoms with Crippen molar-refractivity contribution in [2.75, 3.05) is 0 Å². The highest BCUT2D eigenvalue weighted by Gasteiger charge is 2.29. The highest BCUT2D eigenvalue weighted by molar-refractivity contribution is 6.12. The van der Waals surface area contributed by atoms with Crippen molar-refractivity contribution in [1.82, 2.24) is 19.5 Å². The lowest BCUT2D eigenvalue weighted by molar-refractivity contribution is 0.669. The van der Waals surface area contributed by atoms with Gasteiger partial charge < -0.3 is 8.98 Å². The molecule has 58 heavy (non-hydrogen) atoms. The van der Waals surface area contributed by atoms with Crippen molar-refractivity contribution in [3.8, 4) is 51.0 Å². The van der Waals surface area contributed by atoms with Crippen LogP contribution in [0.4, 0.5) is 0 Å². The predicted molar refractivity (Wildman–Crippen MR) is 235 cm³/mol. The molecule has 0 saturated carbocycles. The predicted octanol–water partition coefficient (Wildman–Crippen LogP) is 13.2. The minimum atomic E-state index is 0.149. The Morgan fingerprint density at radius 1 is 0.448 bits per heavy atom. The van der Waals surface area contributed by atoms with E-state index in [-0.39, 0.29) is 5.92 Å². The molecule has 272 valence electrons. The van der Waals surface area contributed by atoms with Crippen LogP contribution >= 0.6 is 0 Å². The second-order valence-electron chi connectivity index (χ2n) is 15.1.